The number of nitrogens with zero attached hydrogens (tertiary/aromatic N) is 5. The van der Waals surface area contributed by atoms with Gasteiger partial charge in [-0.15, -0.1) is 0 Å². The Morgan fingerprint density at radius 3 is 2.81 bits per heavy atom. The van der Waals surface area contributed by atoms with E-state index < -0.39 is 0 Å². The molecule has 3 heterocycles. The van der Waals surface area contributed by atoms with Crippen molar-refractivity contribution in [2.24, 2.45) is 0 Å². The van der Waals surface area contributed by atoms with Crippen LogP contribution < -0.4 is 5.32 Å². The molecule has 0 saturated carbocycles. The summed E-state index contributed by atoms with van der Waals surface area (Å²) in [5.41, 5.74) is 3.34. The van der Waals surface area contributed by atoms with Crippen LogP contribution in [0.3, 0.4) is 0 Å². The van der Waals surface area contributed by atoms with E-state index in [1.165, 1.54) is 0 Å². The number of carbonyl (C=O) groups is 1. The van der Waals surface area contributed by atoms with Gasteiger partial charge in [-0.3, -0.25) is 4.79 Å². The van der Waals surface area contributed by atoms with Gasteiger partial charge >= 0.3 is 0 Å². The first-order valence-electron chi connectivity index (χ1n) is 8.91. The number of rotatable bonds is 5. The number of likely N-dealkylation sites (tertiary alicyclic amines) is 1. The molecule has 1 aromatic carbocycles. The molecule has 4 rings (SSSR count). The van der Waals surface area contributed by atoms with Crippen molar-refractivity contribution in [1.82, 2.24) is 30.0 Å². The number of carbonyl (C=O) groups excluding carboxylic acids is 1. The molecule has 1 N–H and O–H groups in total. The molecule has 2 aromatic heterocycles. The molecular weight excluding hydrogens is 328 g/mol. The Morgan fingerprint density at radius 2 is 2.04 bits per heavy atom. The molecule has 0 unspecified atom stereocenters. The topological polar surface area (TPSA) is 75.9 Å². The van der Waals surface area contributed by atoms with Gasteiger partial charge < -0.3 is 10.2 Å². The molecule has 1 fully saturated rings. The number of fused-ring (bicyclic) bond motifs is 1. The average Bonchev–Trinajstić information content (AvgIpc) is 3.26. The number of nitrogens with one attached hydrogen (secondary N) is 1. The minimum Gasteiger partial charge on any atom is -0.350 e. The fraction of sp³-hybridized carbons (Fsp3) is 0.368. The summed E-state index contributed by atoms with van der Waals surface area (Å²) in [5.74, 6) is 0.310. The van der Waals surface area contributed by atoms with Crippen molar-refractivity contribution in [2.75, 3.05) is 26.7 Å². The van der Waals surface area contributed by atoms with Crippen molar-refractivity contribution in [3.63, 3.8) is 0 Å². The second-order valence-electron chi connectivity index (χ2n) is 6.71. The molecule has 26 heavy (non-hydrogen) atoms. The molecular formula is C19H22N6O. The quantitative estimate of drug-likeness (QED) is 0.758. The molecule has 7 nitrogen and oxygen atoms in total. The number of hydrogen-bond acceptors (Lipinski definition) is 5. The Morgan fingerprint density at radius 1 is 1.23 bits per heavy atom. The Labute approximate surface area is 152 Å². The third-order valence-electron chi connectivity index (χ3n) is 4.82. The smallest absolute Gasteiger partial charge is 0.251 e. The first kappa shape index (κ1) is 16.7. The Balaban J connectivity index is 1.49. The van der Waals surface area contributed by atoms with Gasteiger partial charge in [-0.2, -0.15) is 5.10 Å². The van der Waals surface area contributed by atoms with E-state index in [4.69, 9.17) is 5.10 Å². The molecule has 0 radical (unpaired) electrons. The fourth-order valence-corrected chi connectivity index (χ4v) is 3.48. The maximum atomic E-state index is 12.2. The van der Waals surface area contributed by atoms with E-state index in [9.17, 15) is 4.79 Å². The summed E-state index contributed by atoms with van der Waals surface area (Å²) in [4.78, 5) is 23.5. The van der Waals surface area contributed by atoms with Crippen molar-refractivity contribution in [2.45, 2.75) is 18.9 Å². The molecule has 7 heteroatoms. The van der Waals surface area contributed by atoms with E-state index >= 15 is 0 Å². The second kappa shape index (κ2) is 7.21. The zero-order valence-electron chi connectivity index (χ0n) is 14.8. The maximum absolute atomic E-state index is 12.2. The van der Waals surface area contributed by atoms with Gasteiger partial charge in [0.1, 0.15) is 5.52 Å². The highest BCUT2D eigenvalue weighted by Gasteiger charge is 2.27. The monoisotopic (exact) mass is 350 g/mol. The van der Waals surface area contributed by atoms with Crippen molar-refractivity contribution in [3.05, 3.63) is 54.0 Å². The van der Waals surface area contributed by atoms with Crippen LogP contribution >= 0.6 is 0 Å². The normalized spacial score (nSPS) is 17.7. The molecule has 1 atom stereocenters. The first-order chi connectivity index (χ1) is 12.7. The van der Waals surface area contributed by atoms with Crippen LogP contribution in [0.2, 0.25) is 0 Å². The molecule has 1 aliphatic heterocycles. The zero-order chi connectivity index (χ0) is 17.9. The van der Waals surface area contributed by atoms with Crippen molar-refractivity contribution in [3.8, 4) is 0 Å². The zero-order valence-corrected chi connectivity index (χ0v) is 14.8. The maximum Gasteiger partial charge on any atom is 0.251 e. The average molecular weight is 350 g/mol. The highest BCUT2D eigenvalue weighted by Crippen LogP contribution is 2.29. The lowest BCUT2D eigenvalue weighted by Gasteiger charge is -2.08. The van der Waals surface area contributed by atoms with Gasteiger partial charge in [0.25, 0.3) is 5.91 Å². The summed E-state index contributed by atoms with van der Waals surface area (Å²) in [6.07, 6.45) is 4.49. The third kappa shape index (κ3) is 3.30. The van der Waals surface area contributed by atoms with Crippen molar-refractivity contribution >= 4 is 17.1 Å². The SMILES string of the molecule is CN1CC[C@@H](c2nn(CCNC(=O)c3ccccc3)c3nccnc23)C1. The summed E-state index contributed by atoms with van der Waals surface area (Å²) in [6.45, 7) is 3.13. The lowest BCUT2D eigenvalue weighted by Crippen LogP contribution is -2.27. The lowest BCUT2D eigenvalue weighted by molar-refractivity contribution is 0.0952. The van der Waals surface area contributed by atoms with E-state index in [-0.39, 0.29) is 5.91 Å². The van der Waals surface area contributed by atoms with E-state index in [0.717, 1.165) is 36.4 Å². The van der Waals surface area contributed by atoms with E-state index in [0.29, 0.717) is 24.6 Å². The standard InChI is InChI=1S/C19H22N6O/c1-24-11-7-15(13-24)16-17-18(21-9-8-20-17)25(23-16)12-10-22-19(26)14-5-3-2-4-6-14/h2-6,8-9,15H,7,10-13H2,1H3,(H,22,26)/t15-/m1/s1. The molecule has 134 valence electrons. The van der Waals surface area contributed by atoms with Crippen molar-refractivity contribution in [1.29, 1.82) is 0 Å². The number of hydrogen-bond donors (Lipinski definition) is 1. The summed E-state index contributed by atoms with van der Waals surface area (Å²) >= 11 is 0. The van der Waals surface area contributed by atoms with E-state index in [1.54, 1.807) is 24.5 Å². The fourth-order valence-electron chi connectivity index (χ4n) is 3.48. The third-order valence-corrected chi connectivity index (χ3v) is 4.82. The summed E-state index contributed by atoms with van der Waals surface area (Å²) < 4.78 is 1.86. The van der Waals surface area contributed by atoms with Crippen LogP contribution in [0.4, 0.5) is 0 Å². The van der Waals surface area contributed by atoms with Gasteiger partial charge in [0.15, 0.2) is 5.65 Å². The van der Waals surface area contributed by atoms with Crippen LogP contribution in [0.25, 0.3) is 11.2 Å². The van der Waals surface area contributed by atoms with E-state index in [2.05, 4.69) is 27.2 Å². The molecule has 1 saturated heterocycles. The number of aromatic nitrogens is 4. The molecule has 3 aromatic rings. The van der Waals surface area contributed by atoms with E-state index in [1.807, 2.05) is 22.9 Å². The lowest BCUT2D eigenvalue weighted by atomic mass is 10.0. The predicted molar refractivity (Wildman–Crippen MR) is 99.0 cm³/mol. The molecule has 0 spiro atoms. The first-order valence-corrected chi connectivity index (χ1v) is 8.91. The number of likely N-dealkylation sites (N-methyl/N-ethyl adjacent to an activating group) is 1. The molecule has 1 aliphatic rings. The Kier molecular flexibility index (Phi) is 4.62. The van der Waals surface area contributed by atoms with Gasteiger partial charge in [-0.25, -0.2) is 14.6 Å². The van der Waals surface area contributed by atoms with Crippen LogP contribution in [0, 0.1) is 0 Å². The van der Waals surface area contributed by atoms with Crippen LogP contribution in [0.5, 0.6) is 0 Å². The van der Waals surface area contributed by atoms with Crippen molar-refractivity contribution < 1.29 is 4.79 Å². The van der Waals surface area contributed by atoms with Gasteiger partial charge in [0.05, 0.1) is 12.2 Å². The van der Waals surface area contributed by atoms with Crippen LogP contribution in [0.1, 0.15) is 28.4 Å². The minimum atomic E-state index is -0.0780. The highest BCUT2D eigenvalue weighted by molar-refractivity contribution is 5.94. The van der Waals surface area contributed by atoms with Crippen LogP contribution in [-0.2, 0) is 6.54 Å². The number of amides is 1. The molecule has 0 bridgehead atoms. The predicted octanol–water partition coefficient (Wildman–Crippen LogP) is 1.68. The van der Waals surface area contributed by atoms with Gasteiger partial charge in [0.2, 0.25) is 0 Å². The van der Waals surface area contributed by atoms with Gasteiger partial charge in [-0.05, 0) is 32.1 Å². The van der Waals surface area contributed by atoms with Crippen LogP contribution in [0.15, 0.2) is 42.7 Å². The largest absolute Gasteiger partial charge is 0.350 e. The second-order valence-corrected chi connectivity index (χ2v) is 6.71. The highest BCUT2D eigenvalue weighted by atomic mass is 16.1. The molecule has 0 aliphatic carbocycles. The number of benzene rings is 1. The summed E-state index contributed by atoms with van der Waals surface area (Å²) in [7, 11) is 2.13. The van der Waals surface area contributed by atoms with Crippen LogP contribution in [-0.4, -0.2) is 57.2 Å². The van der Waals surface area contributed by atoms with Gasteiger partial charge in [0, 0.05) is 37.0 Å². The molecule has 1 amide bonds. The summed E-state index contributed by atoms with van der Waals surface area (Å²) in [6, 6.07) is 9.22. The summed E-state index contributed by atoms with van der Waals surface area (Å²) in [5, 5.41) is 7.73. The Hall–Kier alpha value is -2.80. The minimum absolute atomic E-state index is 0.0780. The van der Waals surface area contributed by atoms with Gasteiger partial charge in [-0.1, -0.05) is 18.2 Å². The Bertz CT molecular complexity index is 907.